The van der Waals surface area contributed by atoms with Gasteiger partial charge in [0.25, 0.3) is 0 Å². The fourth-order valence-corrected chi connectivity index (χ4v) is 1.98. The van der Waals surface area contributed by atoms with Gasteiger partial charge in [-0.25, -0.2) is 0 Å². The second kappa shape index (κ2) is 5.82. The summed E-state index contributed by atoms with van der Waals surface area (Å²) in [6.07, 6.45) is 4.09. The van der Waals surface area contributed by atoms with E-state index in [9.17, 15) is 4.79 Å². The van der Waals surface area contributed by atoms with Gasteiger partial charge in [-0.2, -0.15) is 0 Å². The average molecular weight is 193 g/mol. The summed E-state index contributed by atoms with van der Waals surface area (Å²) in [4.78, 5) is 12.5. The molecule has 1 unspecified atom stereocenters. The van der Waals surface area contributed by atoms with Crippen LogP contribution in [0.2, 0.25) is 0 Å². The zero-order valence-corrected chi connectivity index (χ0v) is 9.12. The predicted octanol–water partition coefficient (Wildman–Crippen LogP) is 1.70. The summed E-state index contributed by atoms with van der Waals surface area (Å²) in [6, 6.07) is 0.636. The van der Waals surface area contributed by atoms with E-state index in [-0.39, 0.29) is 0 Å². The van der Waals surface area contributed by atoms with Crippen LogP contribution in [0.15, 0.2) is 0 Å². The molecule has 2 nitrogen and oxygen atoms in total. The third-order valence-corrected chi connectivity index (χ3v) is 2.83. The molecule has 1 fully saturated rings. The number of rotatable bonds is 2. The number of carbonyl (C=O) groups excluding carboxylic acids is 1. The molecule has 1 atom stereocenters. The summed E-state index contributed by atoms with van der Waals surface area (Å²) in [6.45, 7) is 6.83. The summed E-state index contributed by atoms with van der Waals surface area (Å²) in [5.74, 6) is 6.08. The van der Waals surface area contributed by atoms with Crippen LogP contribution in [0.25, 0.3) is 0 Å². The Kier molecular flexibility index (Phi) is 4.69. The third-order valence-electron chi connectivity index (χ3n) is 2.83. The van der Waals surface area contributed by atoms with Crippen molar-refractivity contribution in [3.63, 3.8) is 0 Å². The van der Waals surface area contributed by atoms with Crippen LogP contribution >= 0.6 is 0 Å². The molecule has 1 rings (SSSR count). The van der Waals surface area contributed by atoms with Crippen LogP contribution in [0.5, 0.6) is 0 Å². The van der Waals surface area contributed by atoms with Crippen LogP contribution in [0.3, 0.4) is 0 Å². The smallest absolute Gasteiger partial charge is 0.192 e. The van der Waals surface area contributed by atoms with Crippen LogP contribution < -0.4 is 0 Å². The van der Waals surface area contributed by atoms with Crippen molar-refractivity contribution < 1.29 is 4.79 Å². The van der Waals surface area contributed by atoms with Crippen LogP contribution in [0.1, 0.15) is 33.1 Å². The van der Waals surface area contributed by atoms with Gasteiger partial charge in [-0.05, 0) is 45.1 Å². The quantitative estimate of drug-likeness (QED) is 0.491. The highest BCUT2D eigenvalue weighted by Crippen LogP contribution is 2.20. The molecule has 0 aromatic carbocycles. The monoisotopic (exact) mass is 193 g/mol. The van der Waals surface area contributed by atoms with Gasteiger partial charge in [-0.15, -0.1) is 0 Å². The largest absolute Gasteiger partial charge is 0.301 e. The molecule has 0 aliphatic carbocycles. The Hall–Kier alpha value is -0.810. The maximum absolute atomic E-state index is 10.0. The van der Waals surface area contributed by atoms with Crippen molar-refractivity contribution in [2.45, 2.75) is 39.2 Å². The first-order chi connectivity index (χ1) is 6.74. The molecule has 0 amide bonds. The summed E-state index contributed by atoms with van der Waals surface area (Å²) in [7, 11) is 0. The lowest BCUT2D eigenvalue weighted by molar-refractivity contribution is -0.103. The molecule has 14 heavy (non-hydrogen) atoms. The lowest BCUT2D eigenvalue weighted by Gasteiger charge is -2.34. The molecule has 0 radical (unpaired) electrons. The molecule has 0 saturated carbocycles. The minimum Gasteiger partial charge on any atom is -0.301 e. The maximum atomic E-state index is 10.0. The van der Waals surface area contributed by atoms with E-state index in [1.54, 1.807) is 0 Å². The Balaban J connectivity index is 2.36. The lowest BCUT2D eigenvalue weighted by atomic mass is 9.94. The van der Waals surface area contributed by atoms with Crippen molar-refractivity contribution in [1.29, 1.82) is 0 Å². The minimum absolute atomic E-state index is 0.636. The summed E-state index contributed by atoms with van der Waals surface area (Å²) >= 11 is 0. The second-order valence-electron chi connectivity index (χ2n) is 4.24. The highest BCUT2D eigenvalue weighted by atomic mass is 16.1. The number of aldehydes is 1. The van der Waals surface area contributed by atoms with Gasteiger partial charge >= 0.3 is 0 Å². The Morgan fingerprint density at radius 1 is 1.57 bits per heavy atom. The number of piperidine rings is 1. The van der Waals surface area contributed by atoms with Crippen LogP contribution in [-0.4, -0.2) is 30.3 Å². The molecule has 1 saturated heterocycles. The second-order valence-corrected chi connectivity index (χ2v) is 4.24. The summed E-state index contributed by atoms with van der Waals surface area (Å²) < 4.78 is 0. The molecule has 0 aromatic heterocycles. The number of hydrogen-bond donors (Lipinski definition) is 0. The van der Waals surface area contributed by atoms with E-state index in [4.69, 9.17) is 0 Å². The molecule has 0 bridgehead atoms. The summed E-state index contributed by atoms with van der Waals surface area (Å²) in [5.41, 5.74) is 0. The van der Waals surface area contributed by atoms with Gasteiger partial charge in [0.1, 0.15) is 0 Å². The SMILES string of the molecule is CC(C)N1CCCC(CC#CC=O)C1. The van der Waals surface area contributed by atoms with Gasteiger partial charge in [0.05, 0.1) is 0 Å². The topological polar surface area (TPSA) is 20.3 Å². The highest BCUT2D eigenvalue weighted by Gasteiger charge is 2.20. The first-order valence-electron chi connectivity index (χ1n) is 5.40. The van der Waals surface area contributed by atoms with E-state index in [1.807, 2.05) is 0 Å². The van der Waals surface area contributed by atoms with E-state index in [0.717, 1.165) is 13.0 Å². The minimum atomic E-state index is 0.636. The summed E-state index contributed by atoms with van der Waals surface area (Å²) in [5, 5.41) is 0. The zero-order chi connectivity index (χ0) is 10.4. The Morgan fingerprint density at radius 3 is 3.00 bits per heavy atom. The molecule has 1 heterocycles. The van der Waals surface area contributed by atoms with E-state index < -0.39 is 0 Å². The molecular formula is C12H19NO. The zero-order valence-electron chi connectivity index (χ0n) is 9.12. The van der Waals surface area contributed by atoms with E-state index in [1.165, 1.54) is 19.4 Å². The molecular weight excluding hydrogens is 174 g/mol. The predicted molar refractivity (Wildman–Crippen MR) is 57.9 cm³/mol. The fraction of sp³-hybridized carbons (Fsp3) is 0.750. The Labute approximate surface area is 86.7 Å². The van der Waals surface area contributed by atoms with Gasteiger partial charge in [0.2, 0.25) is 0 Å². The van der Waals surface area contributed by atoms with Crippen molar-refractivity contribution >= 4 is 6.29 Å². The van der Waals surface area contributed by atoms with Crippen molar-refractivity contribution in [2.24, 2.45) is 5.92 Å². The van der Waals surface area contributed by atoms with Crippen LogP contribution in [0.4, 0.5) is 0 Å². The molecule has 0 spiro atoms. The standard InChI is InChI=1S/C12H19NO/c1-11(2)13-8-5-7-12(10-13)6-3-4-9-14/h9,11-12H,5-8,10H2,1-2H3. The number of carbonyl (C=O) groups is 1. The fourth-order valence-electron chi connectivity index (χ4n) is 1.98. The highest BCUT2D eigenvalue weighted by molar-refractivity contribution is 5.72. The third kappa shape index (κ3) is 3.51. The maximum Gasteiger partial charge on any atom is 0.192 e. The first kappa shape index (κ1) is 11.3. The van der Waals surface area contributed by atoms with Gasteiger partial charge in [0.15, 0.2) is 6.29 Å². The van der Waals surface area contributed by atoms with E-state index in [0.29, 0.717) is 18.2 Å². The number of nitrogens with zero attached hydrogens (tertiary/aromatic N) is 1. The number of likely N-dealkylation sites (tertiary alicyclic amines) is 1. The molecule has 78 valence electrons. The van der Waals surface area contributed by atoms with Crippen molar-refractivity contribution in [2.75, 3.05) is 13.1 Å². The van der Waals surface area contributed by atoms with Gasteiger partial charge in [0, 0.05) is 19.0 Å². The van der Waals surface area contributed by atoms with E-state index >= 15 is 0 Å². The van der Waals surface area contributed by atoms with Gasteiger partial charge in [-0.3, -0.25) is 4.79 Å². The number of hydrogen-bond acceptors (Lipinski definition) is 2. The molecule has 2 heteroatoms. The molecule has 0 aromatic rings. The lowest BCUT2D eigenvalue weighted by Crippen LogP contribution is -2.39. The van der Waals surface area contributed by atoms with Crippen LogP contribution in [0, 0.1) is 17.8 Å². The average Bonchev–Trinajstić information content (AvgIpc) is 2.19. The molecule has 1 aliphatic rings. The van der Waals surface area contributed by atoms with Gasteiger partial charge < -0.3 is 4.90 Å². The Morgan fingerprint density at radius 2 is 2.36 bits per heavy atom. The van der Waals surface area contributed by atoms with Crippen molar-refractivity contribution in [3.05, 3.63) is 0 Å². The normalized spacial score (nSPS) is 22.9. The first-order valence-corrected chi connectivity index (χ1v) is 5.40. The van der Waals surface area contributed by atoms with Crippen molar-refractivity contribution in [3.8, 4) is 11.8 Å². The van der Waals surface area contributed by atoms with Crippen LogP contribution in [-0.2, 0) is 4.79 Å². The molecule has 1 aliphatic heterocycles. The Bertz CT molecular complexity index is 236. The molecule has 0 N–H and O–H groups in total. The van der Waals surface area contributed by atoms with Crippen molar-refractivity contribution in [1.82, 2.24) is 4.90 Å². The van der Waals surface area contributed by atoms with E-state index in [2.05, 4.69) is 30.6 Å². The van der Waals surface area contributed by atoms with Gasteiger partial charge in [-0.1, -0.05) is 5.92 Å².